The van der Waals surface area contributed by atoms with Crippen LogP contribution in [0.15, 0.2) is 0 Å². The molecule has 0 aromatic carbocycles. The minimum atomic E-state index is 0.375. The van der Waals surface area contributed by atoms with Gasteiger partial charge in [-0.15, -0.1) is 0 Å². The van der Waals surface area contributed by atoms with E-state index in [1.54, 1.807) is 0 Å². The summed E-state index contributed by atoms with van der Waals surface area (Å²) in [5.74, 6) is 0. The van der Waals surface area contributed by atoms with Crippen molar-refractivity contribution in [3.8, 4) is 0 Å². The van der Waals surface area contributed by atoms with Gasteiger partial charge in [-0.05, 0) is 6.42 Å². The fourth-order valence-electron chi connectivity index (χ4n) is 0.608. The first-order valence-electron chi connectivity index (χ1n) is 2.63. The van der Waals surface area contributed by atoms with Crippen LogP contribution in [0, 0.1) is 0 Å². The number of ether oxygens (including phenoxy) is 2. The van der Waals surface area contributed by atoms with Gasteiger partial charge in [0.15, 0.2) is 0 Å². The quantitative estimate of drug-likeness (QED) is 0.487. The van der Waals surface area contributed by atoms with Crippen LogP contribution in [0.5, 0.6) is 0 Å². The molecule has 0 saturated carbocycles. The van der Waals surface area contributed by atoms with Gasteiger partial charge < -0.3 is 9.47 Å². The Bertz CT molecular complexity index is 48.0. The second kappa shape index (κ2) is 2.28. The summed E-state index contributed by atoms with van der Waals surface area (Å²) in [6, 6.07) is 0. The summed E-state index contributed by atoms with van der Waals surface area (Å²) in [5, 5.41) is 0. The summed E-state index contributed by atoms with van der Waals surface area (Å²) in [5.41, 5.74) is 0. The van der Waals surface area contributed by atoms with E-state index < -0.39 is 0 Å². The lowest BCUT2D eigenvalue weighted by Gasteiger charge is -1.98. The molecule has 0 aliphatic carbocycles. The molecule has 0 aromatic heterocycles. The summed E-state index contributed by atoms with van der Waals surface area (Å²) >= 11 is 0. The SMILES string of the molecule is CC[C@H]1COCO1. The molecule has 0 amide bonds. The molecule has 1 saturated heterocycles. The lowest BCUT2D eigenvalue weighted by atomic mass is 10.3. The predicted molar refractivity (Wildman–Crippen MR) is 26.0 cm³/mol. The van der Waals surface area contributed by atoms with Crippen LogP contribution in [0.3, 0.4) is 0 Å². The van der Waals surface area contributed by atoms with Crippen LogP contribution in [-0.4, -0.2) is 19.5 Å². The molecule has 1 fully saturated rings. The van der Waals surface area contributed by atoms with Gasteiger partial charge in [-0.25, -0.2) is 0 Å². The van der Waals surface area contributed by atoms with E-state index in [1.807, 2.05) is 0 Å². The second-order valence-corrected chi connectivity index (χ2v) is 1.69. The van der Waals surface area contributed by atoms with Gasteiger partial charge in [-0.3, -0.25) is 0 Å². The Labute approximate surface area is 43.4 Å². The van der Waals surface area contributed by atoms with E-state index in [1.165, 1.54) is 0 Å². The first-order chi connectivity index (χ1) is 3.43. The first-order valence-corrected chi connectivity index (χ1v) is 2.63. The molecule has 2 nitrogen and oxygen atoms in total. The van der Waals surface area contributed by atoms with Crippen LogP contribution < -0.4 is 0 Å². The Balaban J connectivity index is 2.14. The van der Waals surface area contributed by atoms with Crippen LogP contribution in [0.1, 0.15) is 13.3 Å². The third-order valence-electron chi connectivity index (χ3n) is 1.15. The van der Waals surface area contributed by atoms with Crippen molar-refractivity contribution in [2.24, 2.45) is 0 Å². The largest absolute Gasteiger partial charge is 0.353 e. The third kappa shape index (κ3) is 1.14. The monoisotopic (exact) mass is 102 g/mol. The normalized spacial score (nSPS) is 31.3. The van der Waals surface area contributed by atoms with Gasteiger partial charge in [0.1, 0.15) is 6.79 Å². The molecule has 0 unspecified atom stereocenters. The van der Waals surface area contributed by atoms with Gasteiger partial charge in [0.05, 0.1) is 12.7 Å². The molecule has 0 spiro atoms. The van der Waals surface area contributed by atoms with Crippen molar-refractivity contribution in [2.45, 2.75) is 19.4 Å². The van der Waals surface area contributed by atoms with Crippen molar-refractivity contribution < 1.29 is 9.47 Å². The summed E-state index contributed by atoms with van der Waals surface area (Å²) in [7, 11) is 0. The number of hydrogen-bond donors (Lipinski definition) is 0. The summed E-state index contributed by atoms with van der Waals surface area (Å²) in [6.07, 6.45) is 1.44. The van der Waals surface area contributed by atoms with Gasteiger partial charge in [-0.2, -0.15) is 0 Å². The van der Waals surface area contributed by atoms with Crippen LogP contribution in [-0.2, 0) is 9.47 Å². The minimum absolute atomic E-state index is 0.375. The van der Waals surface area contributed by atoms with Crippen molar-refractivity contribution >= 4 is 0 Å². The van der Waals surface area contributed by atoms with Crippen LogP contribution >= 0.6 is 0 Å². The molecule has 0 radical (unpaired) electrons. The van der Waals surface area contributed by atoms with E-state index in [4.69, 9.17) is 9.47 Å². The van der Waals surface area contributed by atoms with Crippen molar-refractivity contribution in [2.75, 3.05) is 13.4 Å². The lowest BCUT2D eigenvalue weighted by Crippen LogP contribution is -2.05. The molecule has 1 rings (SSSR count). The standard InChI is InChI=1S/C5H10O2/c1-2-5-3-6-4-7-5/h5H,2-4H2,1H3/t5-/m0/s1. The summed E-state index contributed by atoms with van der Waals surface area (Å²) < 4.78 is 10.0. The van der Waals surface area contributed by atoms with Gasteiger partial charge in [0.25, 0.3) is 0 Å². The van der Waals surface area contributed by atoms with E-state index >= 15 is 0 Å². The minimum Gasteiger partial charge on any atom is -0.353 e. The molecule has 1 aliphatic rings. The fourth-order valence-corrected chi connectivity index (χ4v) is 0.608. The second-order valence-electron chi connectivity index (χ2n) is 1.69. The van der Waals surface area contributed by atoms with E-state index in [2.05, 4.69) is 6.92 Å². The van der Waals surface area contributed by atoms with Crippen LogP contribution in [0.4, 0.5) is 0 Å². The Hall–Kier alpha value is -0.0800. The zero-order valence-electron chi connectivity index (χ0n) is 4.52. The molecular weight excluding hydrogens is 92.1 g/mol. The molecule has 42 valence electrons. The van der Waals surface area contributed by atoms with Crippen molar-refractivity contribution in [1.29, 1.82) is 0 Å². The molecule has 7 heavy (non-hydrogen) atoms. The summed E-state index contributed by atoms with van der Waals surface area (Å²) in [6.45, 7) is 3.38. The number of rotatable bonds is 1. The molecule has 2 heteroatoms. The zero-order chi connectivity index (χ0) is 5.11. The van der Waals surface area contributed by atoms with E-state index in [-0.39, 0.29) is 0 Å². The van der Waals surface area contributed by atoms with E-state index in [0.29, 0.717) is 12.9 Å². The Morgan fingerprint density at radius 3 is 2.86 bits per heavy atom. The van der Waals surface area contributed by atoms with Gasteiger partial charge >= 0.3 is 0 Å². The van der Waals surface area contributed by atoms with Crippen molar-refractivity contribution in [1.82, 2.24) is 0 Å². The van der Waals surface area contributed by atoms with Crippen molar-refractivity contribution in [3.63, 3.8) is 0 Å². The maximum atomic E-state index is 5.08. The van der Waals surface area contributed by atoms with Crippen LogP contribution in [0.2, 0.25) is 0 Å². The Kier molecular flexibility index (Phi) is 1.65. The maximum Gasteiger partial charge on any atom is 0.147 e. The van der Waals surface area contributed by atoms with Crippen LogP contribution in [0.25, 0.3) is 0 Å². The maximum absolute atomic E-state index is 5.08. The number of hydrogen-bond acceptors (Lipinski definition) is 2. The topological polar surface area (TPSA) is 18.5 Å². The highest BCUT2D eigenvalue weighted by atomic mass is 16.7. The predicted octanol–water partition coefficient (Wildman–Crippen LogP) is 0.769. The Morgan fingerprint density at radius 1 is 1.71 bits per heavy atom. The average Bonchev–Trinajstić information content (AvgIpc) is 2.14. The van der Waals surface area contributed by atoms with Gasteiger partial charge in [0, 0.05) is 0 Å². The first kappa shape index (κ1) is 5.06. The summed E-state index contributed by atoms with van der Waals surface area (Å²) in [4.78, 5) is 0. The molecule has 1 aliphatic heterocycles. The molecule has 0 N–H and O–H groups in total. The van der Waals surface area contributed by atoms with E-state index in [0.717, 1.165) is 13.0 Å². The highest BCUT2D eigenvalue weighted by Crippen LogP contribution is 2.04. The molecule has 0 bridgehead atoms. The zero-order valence-corrected chi connectivity index (χ0v) is 4.52. The third-order valence-corrected chi connectivity index (χ3v) is 1.15. The van der Waals surface area contributed by atoms with Crippen molar-refractivity contribution in [3.05, 3.63) is 0 Å². The fraction of sp³-hybridized carbons (Fsp3) is 1.00. The van der Waals surface area contributed by atoms with E-state index in [9.17, 15) is 0 Å². The average molecular weight is 102 g/mol. The van der Waals surface area contributed by atoms with Gasteiger partial charge in [-0.1, -0.05) is 6.92 Å². The lowest BCUT2D eigenvalue weighted by molar-refractivity contribution is 0.0460. The highest BCUT2D eigenvalue weighted by molar-refractivity contribution is 4.54. The molecule has 0 aromatic rings. The molecule has 1 atom stereocenters. The smallest absolute Gasteiger partial charge is 0.147 e. The Morgan fingerprint density at radius 2 is 2.57 bits per heavy atom. The molecular formula is C5H10O2. The van der Waals surface area contributed by atoms with Gasteiger partial charge in [0.2, 0.25) is 0 Å². The highest BCUT2D eigenvalue weighted by Gasteiger charge is 2.11. The molecule has 1 heterocycles.